The van der Waals surface area contributed by atoms with Gasteiger partial charge in [0.15, 0.2) is 5.13 Å². The van der Waals surface area contributed by atoms with Crippen LogP contribution in [0.4, 0.5) is 5.13 Å². The Bertz CT molecular complexity index is 1680. The molecule has 7 nitrogen and oxygen atoms in total. The lowest BCUT2D eigenvalue weighted by Crippen LogP contribution is -2.40. The Morgan fingerprint density at radius 2 is 1.87 bits per heavy atom. The van der Waals surface area contributed by atoms with Crippen molar-refractivity contribution in [3.05, 3.63) is 81.7 Å². The molecular weight excluding hydrogens is 545 g/mol. The van der Waals surface area contributed by atoms with Crippen LogP contribution in [0, 0.1) is 0 Å². The Balaban J connectivity index is 0.00000294. The first-order valence-corrected chi connectivity index (χ1v) is 13.4. The molecule has 10 heteroatoms. The Hall–Kier alpha value is -3.01. The number of benzene rings is 3. The number of ether oxygens (including phenoxy) is 1. The van der Waals surface area contributed by atoms with Gasteiger partial charge in [-0.15, -0.1) is 12.4 Å². The predicted molar refractivity (Wildman–Crippen MR) is 155 cm³/mol. The number of morpholine rings is 1. The number of rotatable bonds is 6. The molecule has 0 spiro atoms. The lowest BCUT2D eigenvalue weighted by molar-refractivity contribution is 0.0376. The smallest absolute Gasteiger partial charge is 0.349 e. The van der Waals surface area contributed by atoms with E-state index in [4.69, 9.17) is 25.7 Å². The molecule has 5 aromatic rings. The zero-order valence-corrected chi connectivity index (χ0v) is 22.8. The fraction of sp³-hybridized carbons (Fsp3) is 0.250. The van der Waals surface area contributed by atoms with Gasteiger partial charge in [0.05, 0.1) is 22.9 Å². The molecule has 1 aliphatic heterocycles. The third-order valence-electron chi connectivity index (χ3n) is 6.67. The summed E-state index contributed by atoms with van der Waals surface area (Å²) in [6.07, 6.45) is 0.719. The van der Waals surface area contributed by atoms with E-state index in [1.807, 2.05) is 42.5 Å². The standard InChI is InChI=1S/C28H24ClN3O4S.ClH/c29-22-7-3-8-24-25(22)30-28(37-24)32(12-4-11-31-13-15-35-16-14-31)26(33)21-17-20-19-6-2-1-5-18(19)9-10-23(20)36-27(21)34;/h1-3,5-10,17H,4,11-16H2;1H. The zero-order valence-electron chi connectivity index (χ0n) is 20.4. The third kappa shape index (κ3) is 5.15. The van der Waals surface area contributed by atoms with E-state index in [-0.39, 0.29) is 18.0 Å². The second kappa shape index (κ2) is 11.4. The molecule has 0 aliphatic carbocycles. The first-order chi connectivity index (χ1) is 18.1. The number of fused-ring (bicyclic) bond motifs is 4. The molecule has 1 amide bonds. The Kier molecular flexibility index (Phi) is 7.97. The van der Waals surface area contributed by atoms with Crippen molar-refractivity contribution >= 4 is 78.3 Å². The van der Waals surface area contributed by atoms with Crippen LogP contribution < -0.4 is 10.5 Å². The molecule has 38 heavy (non-hydrogen) atoms. The van der Waals surface area contributed by atoms with Crippen LogP contribution in [0.1, 0.15) is 16.8 Å². The molecule has 1 saturated heterocycles. The highest BCUT2D eigenvalue weighted by atomic mass is 35.5. The second-order valence-corrected chi connectivity index (χ2v) is 10.4. The number of halogens is 2. The molecule has 0 N–H and O–H groups in total. The van der Waals surface area contributed by atoms with Crippen molar-refractivity contribution < 1.29 is 13.9 Å². The van der Waals surface area contributed by atoms with Gasteiger partial charge in [-0.1, -0.05) is 59.3 Å². The number of hydrogen-bond acceptors (Lipinski definition) is 7. The van der Waals surface area contributed by atoms with E-state index in [2.05, 4.69) is 4.90 Å². The number of carbonyl (C=O) groups excluding carboxylic acids is 1. The summed E-state index contributed by atoms with van der Waals surface area (Å²) < 4.78 is 11.9. The van der Waals surface area contributed by atoms with Gasteiger partial charge in [-0.25, -0.2) is 9.78 Å². The summed E-state index contributed by atoms with van der Waals surface area (Å²) in [6, 6.07) is 18.7. The maximum Gasteiger partial charge on any atom is 0.349 e. The molecule has 0 saturated carbocycles. The van der Waals surface area contributed by atoms with E-state index in [1.54, 1.807) is 23.1 Å². The van der Waals surface area contributed by atoms with E-state index in [9.17, 15) is 9.59 Å². The van der Waals surface area contributed by atoms with Gasteiger partial charge in [0, 0.05) is 31.6 Å². The van der Waals surface area contributed by atoms with Crippen LogP contribution in [0.15, 0.2) is 69.9 Å². The summed E-state index contributed by atoms with van der Waals surface area (Å²) in [5.41, 5.74) is 0.420. The number of thiazole rings is 1. The summed E-state index contributed by atoms with van der Waals surface area (Å²) >= 11 is 7.76. The van der Waals surface area contributed by atoms with Crippen molar-refractivity contribution in [1.29, 1.82) is 0 Å². The highest BCUT2D eigenvalue weighted by molar-refractivity contribution is 7.22. The van der Waals surface area contributed by atoms with Crippen LogP contribution in [-0.4, -0.2) is 55.2 Å². The quantitative estimate of drug-likeness (QED) is 0.184. The summed E-state index contributed by atoms with van der Waals surface area (Å²) in [6.45, 7) is 4.38. The monoisotopic (exact) mass is 569 g/mol. The third-order valence-corrected chi connectivity index (χ3v) is 8.02. The van der Waals surface area contributed by atoms with Crippen molar-refractivity contribution in [1.82, 2.24) is 9.88 Å². The van der Waals surface area contributed by atoms with Gasteiger partial charge in [-0.3, -0.25) is 14.6 Å². The van der Waals surface area contributed by atoms with Crippen LogP contribution in [-0.2, 0) is 4.74 Å². The molecule has 0 atom stereocenters. The largest absolute Gasteiger partial charge is 0.422 e. The van der Waals surface area contributed by atoms with Crippen molar-refractivity contribution in [2.24, 2.45) is 0 Å². The maximum atomic E-state index is 14.0. The predicted octanol–water partition coefficient (Wildman–Crippen LogP) is 6.00. The van der Waals surface area contributed by atoms with Gasteiger partial charge in [-0.05, 0) is 41.5 Å². The van der Waals surface area contributed by atoms with Crippen molar-refractivity contribution in [2.45, 2.75) is 6.42 Å². The fourth-order valence-corrected chi connectivity index (χ4v) is 6.04. The lowest BCUT2D eigenvalue weighted by Gasteiger charge is -2.27. The van der Waals surface area contributed by atoms with Crippen LogP contribution in [0.3, 0.4) is 0 Å². The lowest BCUT2D eigenvalue weighted by atomic mass is 10.0. The van der Waals surface area contributed by atoms with E-state index in [0.29, 0.717) is 41.0 Å². The Morgan fingerprint density at radius 3 is 2.68 bits per heavy atom. The van der Waals surface area contributed by atoms with E-state index in [0.717, 1.165) is 46.9 Å². The normalized spacial score (nSPS) is 14.1. The van der Waals surface area contributed by atoms with E-state index >= 15 is 0 Å². The fourth-order valence-electron chi connectivity index (χ4n) is 4.75. The van der Waals surface area contributed by atoms with E-state index in [1.165, 1.54) is 11.3 Å². The molecule has 3 aromatic carbocycles. The highest BCUT2D eigenvalue weighted by Gasteiger charge is 2.26. The Morgan fingerprint density at radius 1 is 1.05 bits per heavy atom. The summed E-state index contributed by atoms with van der Waals surface area (Å²) in [5, 5.41) is 3.68. The molecule has 1 aliphatic rings. The van der Waals surface area contributed by atoms with Gasteiger partial charge in [0.1, 0.15) is 16.7 Å². The number of aromatic nitrogens is 1. The summed E-state index contributed by atoms with van der Waals surface area (Å²) in [5.74, 6) is -0.430. The number of hydrogen-bond donors (Lipinski definition) is 0. The van der Waals surface area contributed by atoms with Crippen LogP contribution in [0.2, 0.25) is 5.02 Å². The SMILES string of the molecule is Cl.O=C(c1cc2c(ccc3ccccc32)oc1=O)N(CCCN1CCOCC1)c1nc2c(Cl)cccc2s1. The average molecular weight is 570 g/mol. The van der Waals surface area contributed by atoms with Crippen molar-refractivity contribution in [3.8, 4) is 0 Å². The van der Waals surface area contributed by atoms with Gasteiger partial charge in [0.2, 0.25) is 0 Å². The van der Waals surface area contributed by atoms with Gasteiger partial charge >= 0.3 is 5.63 Å². The molecular formula is C28H25Cl2N3O4S. The number of para-hydroxylation sites is 1. The molecule has 0 unspecified atom stereocenters. The zero-order chi connectivity index (χ0) is 25.4. The van der Waals surface area contributed by atoms with Gasteiger partial charge < -0.3 is 9.15 Å². The highest BCUT2D eigenvalue weighted by Crippen LogP contribution is 2.34. The van der Waals surface area contributed by atoms with E-state index < -0.39 is 11.5 Å². The molecule has 2 aromatic heterocycles. The summed E-state index contributed by atoms with van der Waals surface area (Å²) in [7, 11) is 0. The number of amides is 1. The number of carbonyl (C=O) groups is 1. The molecule has 196 valence electrons. The minimum atomic E-state index is -0.662. The Labute approximate surface area is 234 Å². The van der Waals surface area contributed by atoms with Crippen LogP contribution >= 0.6 is 35.3 Å². The minimum Gasteiger partial charge on any atom is -0.422 e. The van der Waals surface area contributed by atoms with Crippen molar-refractivity contribution in [3.63, 3.8) is 0 Å². The van der Waals surface area contributed by atoms with Crippen LogP contribution in [0.25, 0.3) is 32.0 Å². The molecule has 3 heterocycles. The molecule has 1 fully saturated rings. The topological polar surface area (TPSA) is 75.9 Å². The molecule has 6 rings (SSSR count). The second-order valence-electron chi connectivity index (χ2n) is 8.99. The van der Waals surface area contributed by atoms with Gasteiger partial charge in [0.25, 0.3) is 5.91 Å². The molecule has 0 bridgehead atoms. The number of nitrogens with zero attached hydrogens (tertiary/aromatic N) is 3. The number of anilines is 1. The average Bonchev–Trinajstić information content (AvgIpc) is 3.36. The summed E-state index contributed by atoms with van der Waals surface area (Å²) in [4.78, 5) is 35.6. The molecule has 0 radical (unpaired) electrons. The first kappa shape index (κ1) is 26.6. The minimum absolute atomic E-state index is 0. The van der Waals surface area contributed by atoms with Crippen LogP contribution in [0.5, 0.6) is 0 Å². The maximum absolute atomic E-state index is 14.0. The van der Waals surface area contributed by atoms with Gasteiger partial charge in [-0.2, -0.15) is 0 Å². The van der Waals surface area contributed by atoms with Crippen molar-refractivity contribution in [2.75, 3.05) is 44.3 Å². The first-order valence-electron chi connectivity index (χ1n) is 12.2.